The van der Waals surface area contributed by atoms with Crippen LogP contribution in [0.15, 0.2) is 18.2 Å². The third-order valence-electron chi connectivity index (χ3n) is 9.51. The summed E-state index contributed by atoms with van der Waals surface area (Å²) in [5, 5.41) is 10.8. The maximum Gasteiger partial charge on any atom is 0.305 e. The molecule has 2 aliphatic heterocycles. The molecule has 5 heterocycles. The molecule has 9 heteroatoms. The van der Waals surface area contributed by atoms with Crippen LogP contribution in [0.2, 0.25) is 0 Å². The largest absolute Gasteiger partial charge is 0.469 e. The van der Waals surface area contributed by atoms with Crippen molar-refractivity contribution in [2.75, 3.05) is 14.2 Å². The lowest BCUT2D eigenvalue weighted by atomic mass is 9.97. The number of aliphatic hydroxyl groups is 1. The molecule has 0 unspecified atom stereocenters. The van der Waals surface area contributed by atoms with E-state index in [1.807, 2.05) is 6.92 Å². The number of hydrogen-bond donors (Lipinski definition) is 3. The van der Waals surface area contributed by atoms with Gasteiger partial charge in [0.1, 0.15) is 0 Å². The number of H-pyrrole nitrogens is 2. The molecule has 0 fully saturated rings. The van der Waals surface area contributed by atoms with Crippen molar-refractivity contribution in [2.45, 2.75) is 86.7 Å². The van der Waals surface area contributed by atoms with Gasteiger partial charge in [0.05, 0.1) is 43.6 Å². The molecule has 3 aromatic heterocycles. The first-order valence-electron chi connectivity index (χ1n) is 16.0. The van der Waals surface area contributed by atoms with Crippen LogP contribution < -0.4 is 0 Å². The number of aromatic amines is 2. The number of nitrogens with zero attached hydrogens (tertiary/aromatic N) is 2. The van der Waals surface area contributed by atoms with E-state index in [9.17, 15) is 14.7 Å². The minimum Gasteiger partial charge on any atom is -0.469 e. The first-order chi connectivity index (χ1) is 22.1. The topological polar surface area (TPSA) is 130 Å². The Kier molecular flexibility index (Phi) is 9.63. The Morgan fingerprint density at radius 2 is 1.17 bits per heavy atom. The molecular weight excluding hydrogens is 580 g/mol. The number of aliphatic hydroxyl groups excluding tert-OH is 1. The number of carbonyl (C=O) groups is 2. The molecule has 0 spiro atoms. The van der Waals surface area contributed by atoms with Crippen LogP contribution in [0.5, 0.6) is 0 Å². The predicted octanol–water partition coefficient (Wildman–Crippen LogP) is 7.32. The summed E-state index contributed by atoms with van der Waals surface area (Å²) < 4.78 is 9.93. The lowest BCUT2D eigenvalue weighted by Gasteiger charge is -2.08. The summed E-state index contributed by atoms with van der Waals surface area (Å²) in [4.78, 5) is 41.9. The van der Waals surface area contributed by atoms with Gasteiger partial charge in [-0.05, 0) is 116 Å². The number of ether oxygens (including phenoxy) is 2. The Hall–Kier alpha value is -4.50. The lowest BCUT2D eigenvalue weighted by Crippen LogP contribution is -2.02. The van der Waals surface area contributed by atoms with Crippen LogP contribution in [-0.2, 0) is 38.5 Å². The Labute approximate surface area is 269 Å². The number of hydrogen-bond acceptors (Lipinski definition) is 7. The SMILES string of the molecule is CCC1=C(C)c2nc1cc1[nH]c(cc3[nH]c(cc4nc(c2CO)C(CC)=C4C)c(C)c3CCC(=O)OC)c(CCC(=O)OC)c1C. The van der Waals surface area contributed by atoms with Crippen LogP contribution in [0.25, 0.3) is 44.4 Å². The van der Waals surface area contributed by atoms with Gasteiger partial charge in [0.2, 0.25) is 0 Å². The Morgan fingerprint density at radius 3 is 1.65 bits per heavy atom. The Bertz CT molecular complexity index is 1960. The summed E-state index contributed by atoms with van der Waals surface area (Å²) in [6.45, 7) is 12.3. The number of rotatable bonds is 9. The van der Waals surface area contributed by atoms with Crippen LogP contribution in [-0.4, -0.2) is 51.2 Å². The number of methoxy groups -OCH3 is 2. The van der Waals surface area contributed by atoms with E-state index in [2.05, 4.69) is 62.8 Å². The number of fused-ring (bicyclic) bond motifs is 8. The number of carbonyl (C=O) groups excluding carboxylic acids is 2. The third-order valence-corrected chi connectivity index (χ3v) is 9.51. The number of aryl methyl sites for hydroxylation is 4. The standard InChI is InChI=1S/C37H44N4O5/c1-9-23-22(6)36-27(18-42)37-24(10-2)19(3)30(40-37)15-28-20(4)25(11-13-34(43)45-7)32(38-28)17-33-26(12-14-35(44)46-8)21(5)29(39-33)16-31(23)41-36/h15-17,38-39,42H,9-14,18H2,1-8H3. The molecule has 0 radical (unpaired) electrons. The third kappa shape index (κ3) is 5.91. The highest BCUT2D eigenvalue weighted by Crippen LogP contribution is 2.39. The average Bonchev–Trinajstić information content (AvgIpc) is 3.72. The number of nitrogens with one attached hydrogen (secondary N) is 2. The van der Waals surface area contributed by atoms with Gasteiger partial charge in [-0.15, -0.1) is 0 Å². The Morgan fingerprint density at radius 1 is 0.674 bits per heavy atom. The highest BCUT2D eigenvalue weighted by molar-refractivity contribution is 5.97. The van der Waals surface area contributed by atoms with Crippen molar-refractivity contribution in [3.05, 3.63) is 68.8 Å². The maximum atomic E-state index is 12.2. The number of esters is 2. The molecular formula is C37H44N4O5. The minimum atomic E-state index is -0.275. The molecule has 0 amide bonds. The van der Waals surface area contributed by atoms with Crippen molar-refractivity contribution in [3.63, 3.8) is 0 Å². The van der Waals surface area contributed by atoms with Crippen LogP contribution in [0.1, 0.15) is 104 Å². The molecule has 0 aromatic carbocycles. The molecule has 0 atom stereocenters. The number of allylic oxidation sites excluding steroid dienone is 4. The van der Waals surface area contributed by atoms with E-state index in [1.54, 1.807) is 0 Å². The zero-order valence-electron chi connectivity index (χ0n) is 28.2. The van der Waals surface area contributed by atoms with Gasteiger partial charge in [-0.3, -0.25) is 9.59 Å². The average molecular weight is 625 g/mol. The first-order valence-corrected chi connectivity index (χ1v) is 16.0. The van der Waals surface area contributed by atoms with E-state index in [1.165, 1.54) is 14.2 Å². The van der Waals surface area contributed by atoms with E-state index >= 15 is 0 Å². The van der Waals surface area contributed by atoms with E-state index in [0.29, 0.717) is 12.8 Å². The smallest absolute Gasteiger partial charge is 0.305 e. The van der Waals surface area contributed by atoms with Gasteiger partial charge in [0.15, 0.2) is 0 Å². The maximum absolute atomic E-state index is 12.2. The first kappa shape index (κ1) is 32.9. The van der Waals surface area contributed by atoms with E-state index in [-0.39, 0.29) is 31.4 Å². The second kappa shape index (κ2) is 13.5. The van der Waals surface area contributed by atoms with Crippen molar-refractivity contribution < 1.29 is 24.2 Å². The molecule has 0 saturated carbocycles. The molecule has 0 aliphatic carbocycles. The monoisotopic (exact) mass is 624 g/mol. The summed E-state index contributed by atoms with van der Waals surface area (Å²) >= 11 is 0. The molecule has 3 aromatic rings. The predicted molar refractivity (Wildman–Crippen MR) is 183 cm³/mol. The normalized spacial score (nSPS) is 13.1. The van der Waals surface area contributed by atoms with Crippen LogP contribution in [0, 0.1) is 13.8 Å². The van der Waals surface area contributed by atoms with Crippen LogP contribution in [0.4, 0.5) is 0 Å². The summed E-state index contributed by atoms with van der Waals surface area (Å²) in [6.07, 6.45) is 3.00. The van der Waals surface area contributed by atoms with Crippen LogP contribution >= 0.6 is 0 Å². The molecule has 8 bridgehead atoms. The van der Waals surface area contributed by atoms with Gasteiger partial charge in [-0.1, -0.05) is 13.8 Å². The Balaban J connectivity index is 1.96. The molecule has 242 valence electrons. The second-order valence-corrected chi connectivity index (χ2v) is 11.9. The zero-order valence-corrected chi connectivity index (χ0v) is 28.2. The fourth-order valence-electron chi connectivity index (χ4n) is 6.77. The summed E-state index contributed by atoms with van der Waals surface area (Å²) in [7, 11) is 2.80. The fourth-order valence-corrected chi connectivity index (χ4v) is 6.77. The van der Waals surface area contributed by atoms with E-state index in [0.717, 1.165) is 108 Å². The highest BCUT2D eigenvalue weighted by Gasteiger charge is 2.25. The van der Waals surface area contributed by atoms with Crippen molar-refractivity contribution in [3.8, 4) is 0 Å². The van der Waals surface area contributed by atoms with E-state index in [4.69, 9.17) is 19.4 Å². The minimum absolute atomic E-state index is 0.189. The van der Waals surface area contributed by atoms with Gasteiger partial charge in [0.25, 0.3) is 0 Å². The van der Waals surface area contributed by atoms with Crippen LogP contribution in [0.3, 0.4) is 0 Å². The summed E-state index contributed by atoms with van der Waals surface area (Å²) in [6, 6.07) is 6.19. The number of aromatic nitrogens is 4. The molecule has 2 aliphatic rings. The molecule has 9 nitrogen and oxygen atoms in total. The molecule has 5 rings (SSSR count). The van der Waals surface area contributed by atoms with Crippen molar-refractivity contribution in [1.82, 2.24) is 19.9 Å². The van der Waals surface area contributed by atoms with Gasteiger partial charge in [0, 0.05) is 40.5 Å². The fraction of sp³-hybridized carbons (Fsp3) is 0.405. The molecule has 0 saturated heterocycles. The van der Waals surface area contributed by atoms with E-state index < -0.39 is 0 Å². The van der Waals surface area contributed by atoms with Crippen molar-refractivity contribution >= 4 is 56.3 Å². The van der Waals surface area contributed by atoms with Gasteiger partial charge >= 0.3 is 11.9 Å². The van der Waals surface area contributed by atoms with Crippen molar-refractivity contribution in [1.29, 1.82) is 0 Å². The quantitative estimate of drug-likeness (QED) is 0.213. The molecule has 3 N–H and O–H groups in total. The molecule has 46 heavy (non-hydrogen) atoms. The van der Waals surface area contributed by atoms with Crippen molar-refractivity contribution in [2.24, 2.45) is 0 Å². The van der Waals surface area contributed by atoms with Gasteiger partial charge < -0.3 is 24.5 Å². The van der Waals surface area contributed by atoms with Gasteiger partial charge in [-0.25, -0.2) is 9.97 Å². The van der Waals surface area contributed by atoms with Gasteiger partial charge in [-0.2, -0.15) is 0 Å². The second-order valence-electron chi connectivity index (χ2n) is 11.9. The lowest BCUT2D eigenvalue weighted by molar-refractivity contribution is -0.141. The summed E-state index contributed by atoms with van der Waals surface area (Å²) in [5.41, 5.74) is 15.8. The zero-order chi connectivity index (χ0) is 33.3. The highest BCUT2D eigenvalue weighted by atomic mass is 16.5. The summed E-state index contributed by atoms with van der Waals surface area (Å²) in [5.74, 6) is -0.550.